The van der Waals surface area contributed by atoms with Crippen LogP contribution in [0.15, 0.2) is 23.1 Å². The molecule has 16 heavy (non-hydrogen) atoms. The van der Waals surface area contributed by atoms with Gasteiger partial charge in [-0.05, 0) is 12.1 Å². The predicted molar refractivity (Wildman–Crippen MR) is 54.8 cm³/mol. The fourth-order valence-corrected chi connectivity index (χ4v) is 2.07. The Morgan fingerprint density at radius 2 is 2.06 bits per heavy atom. The number of thioether (sulfide) groups is 1. The lowest BCUT2D eigenvalue weighted by atomic mass is 10.2. The van der Waals surface area contributed by atoms with E-state index in [0.717, 1.165) is 17.8 Å². The molecule has 0 radical (unpaired) electrons. The van der Waals surface area contributed by atoms with E-state index in [4.69, 9.17) is 16.7 Å². The number of hydrogen-bond donors (Lipinski definition) is 1. The molecule has 0 unspecified atom stereocenters. The minimum atomic E-state index is -4.53. The summed E-state index contributed by atoms with van der Waals surface area (Å²) in [6.45, 7) is 0. The Morgan fingerprint density at radius 1 is 1.44 bits per heavy atom. The Labute approximate surface area is 98.4 Å². The largest absolute Gasteiger partial charge is 0.481 e. The van der Waals surface area contributed by atoms with Crippen LogP contribution in [-0.2, 0) is 11.0 Å². The molecule has 1 rings (SSSR count). The SMILES string of the molecule is O=C(O)CSc1cccc(C(F)(F)F)c1Cl. The smallest absolute Gasteiger partial charge is 0.417 e. The molecule has 88 valence electrons. The maximum absolute atomic E-state index is 12.4. The van der Waals surface area contributed by atoms with Gasteiger partial charge in [0.05, 0.1) is 16.3 Å². The first-order chi connectivity index (χ1) is 7.32. The molecule has 0 amide bonds. The maximum Gasteiger partial charge on any atom is 0.417 e. The minimum absolute atomic E-state index is 0.110. The summed E-state index contributed by atoms with van der Waals surface area (Å²) in [6.07, 6.45) is -4.53. The molecule has 1 N–H and O–H groups in total. The molecule has 0 aliphatic carbocycles. The number of alkyl halides is 3. The third kappa shape index (κ3) is 3.31. The molecule has 0 spiro atoms. The zero-order valence-electron chi connectivity index (χ0n) is 7.71. The molecule has 0 bridgehead atoms. The average Bonchev–Trinajstić information content (AvgIpc) is 2.14. The van der Waals surface area contributed by atoms with Gasteiger partial charge in [0.2, 0.25) is 0 Å². The van der Waals surface area contributed by atoms with Crippen molar-refractivity contribution in [3.8, 4) is 0 Å². The predicted octanol–water partition coefficient (Wildman–Crippen LogP) is 3.54. The molecule has 2 nitrogen and oxygen atoms in total. The summed E-state index contributed by atoms with van der Waals surface area (Å²) in [5, 5.41) is 7.95. The summed E-state index contributed by atoms with van der Waals surface area (Å²) in [6, 6.07) is 3.40. The molecule has 0 saturated carbocycles. The highest BCUT2D eigenvalue weighted by Gasteiger charge is 2.33. The number of aliphatic carboxylic acids is 1. The molecule has 0 heterocycles. The van der Waals surface area contributed by atoms with Gasteiger partial charge in [0.1, 0.15) is 0 Å². The first kappa shape index (κ1) is 13.2. The Morgan fingerprint density at radius 3 is 2.56 bits per heavy atom. The Bertz CT molecular complexity index is 406. The van der Waals surface area contributed by atoms with Crippen molar-refractivity contribution >= 4 is 29.3 Å². The van der Waals surface area contributed by atoms with E-state index in [1.807, 2.05) is 0 Å². The van der Waals surface area contributed by atoms with E-state index in [0.29, 0.717) is 0 Å². The average molecular weight is 271 g/mol. The molecule has 0 atom stereocenters. The fraction of sp³-hybridized carbons (Fsp3) is 0.222. The van der Waals surface area contributed by atoms with E-state index in [9.17, 15) is 18.0 Å². The first-order valence-corrected chi connectivity index (χ1v) is 5.39. The van der Waals surface area contributed by atoms with Gasteiger partial charge >= 0.3 is 12.1 Å². The van der Waals surface area contributed by atoms with Gasteiger partial charge < -0.3 is 5.11 Å². The van der Waals surface area contributed by atoms with Gasteiger partial charge in [-0.1, -0.05) is 17.7 Å². The van der Waals surface area contributed by atoms with Crippen LogP contribution in [0.5, 0.6) is 0 Å². The minimum Gasteiger partial charge on any atom is -0.481 e. The van der Waals surface area contributed by atoms with E-state index >= 15 is 0 Å². The van der Waals surface area contributed by atoms with Gasteiger partial charge in [0, 0.05) is 4.90 Å². The van der Waals surface area contributed by atoms with Crippen LogP contribution in [0.3, 0.4) is 0 Å². The summed E-state index contributed by atoms with van der Waals surface area (Å²) in [4.78, 5) is 10.4. The van der Waals surface area contributed by atoms with Crippen LogP contribution in [0.2, 0.25) is 5.02 Å². The van der Waals surface area contributed by atoms with Crippen LogP contribution >= 0.6 is 23.4 Å². The second-order valence-corrected chi connectivity index (χ2v) is 4.19. The van der Waals surface area contributed by atoms with E-state index in [1.54, 1.807) is 0 Å². The molecule has 1 aromatic carbocycles. The van der Waals surface area contributed by atoms with Crippen molar-refractivity contribution in [3.05, 3.63) is 28.8 Å². The number of halogens is 4. The number of carboxylic acid groups (broad SMARTS) is 1. The fourth-order valence-electron chi connectivity index (χ4n) is 0.981. The van der Waals surface area contributed by atoms with Gasteiger partial charge in [-0.25, -0.2) is 0 Å². The standard InChI is InChI=1S/C9H6ClF3O2S/c10-8-5(9(11,12)13)2-1-3-6(8)16-4-7(14)15/h1-3H,4H2,(H,14,15). The summed E-state index contributed by atoms with van der Waals surface area (Å²) in [7, 11) is 0. The normalized spacial score (nSPS) is 11.5. The zero-order valence-corrected chi connectivity index (χ0v) is 9.29. The molecule has 1 aromatic rings. The van der Waals surface area contributed by atoms with Gasteiger partial charge in [-0.2, -0.15) is 13.2 Å². The van der Waals surface area contributed by atoms with Crippen LogP contribution in [0.4, 0.5) is 13.2 Å². The van der Waals surface area contributed by atoms with Crippen molar-refractivity contribution in [3.63, 3.8) is 0 Å². The lowest BCUT2D eigenvalue weighted by Gasteiger charge is -2.11. The Hall–Kier alpha value is -0.880. The maximum atomic E-state index is 12.4. The van der Waals surface area contributed by atoms with Gasteiger partial charge in [-0.15, -0.1) is 11.8 Å². The molecule has 0 fully saturated rings. The molecule has 0 aromatic heterocycles. The highest BCUT2D eigenvalue weighted by atomic mass is 35.5. The van der Waals surface area contributed by atoms with Crippen molar-refractivity contribution in [2.75, 3.05) is 5.75 Å². The molecular formula is C9H6ClF3O2S. The molecule has 0 aliphatic heterocycles. The van der Waals surface area contributed by atoms with Crippen LogP contribution in [0.25, 0.3) is 0 Å². The van der Waals surface area contributed by atoms with Crippen LogP contribution in [0.1, 0.15) is 5.56 Å². The summed E-state index contributed by atoms with van der Waals surface area (Å²) in [5.41, 5.74) is -0.954. The van der Waals surface area contributed by atoms with Gasteiger partial charge in [-0.3, -0.25) is 4.79 Å². The quantitative estimate of drug-likeness (QED) is 0.854. The number of rotatable bonds is 3. The van der Waals surface area contributed by atoms with E-state index in [-0.39, 0.29) is 10.6 Å². The second kappa shape index (κ2) is 4.97. The third-order valence-corrected chi connectivity index (χ3v) is 3.18. The highest BCUT2D eigenvalue weighted by Crippen LogP contribution is 2.39. The number of carboxylic acids is 1. The van der Waals surface area contributed by atoms with Gasteiger partial charge in [0.15, 0.2) is 0 Å². The van der Waals surface area contributed by atoms with Crippen LogP contribution < -0.4 is 0 Å². The van der Waals surface area contributed by atoms with Crippen molar-refractivity contribution in [1.82, 2.24) is 0 Å². The lowest BCUT2D eigenvalue weighted by molar-refractivity contribution is -0.137. The Balaban J connectivity index is 3.00. The number of carbonyl (C=O) groups is 1. The molecule has 0 aliphatic rings. The summed E-state index contributed by atoms with van der Waals surface area (Å²) < 4.78 is 37.3. The molecular weight excluding hydrogens is 265 g/mol. The molecule has 0 saturated heterocycles. The topological polar surface area (TPSA) is 37.3 Å². The van der Waals surface area contributed by atoms with Crippen molar-refractivity contribution in [2.45, 2.75) is 11.1 Å². The number of benzene rings is 1. The highest BCUT2D eigenvalue weighted by molar-refractivity contribution is 8.00. The van der Waals surface area contributed by atoms with Crippen molar-refractivity contribution in [2.24, 2.45) is 0 Å². The zero-order chi connectivity index (χ0) is 12.3. The van der Waals surface area contributed by atoms with E-state index in [1.165, 1.54) is 12.1 Å². The second-order valence-electron chi connectivity index (χ2n) is 2.80. The third-order valence-electron chi connectivity index (χ3n) is 1.62. The van der Waals surface area contributed by atoms with Gasteiger partial charge in [0.25, 0.3) is 0 Å². The van der Waals surface area contributed by atoms with Crippen molar-refractivity contribution in [1.29, 1.82) is 0 Å². The van der Waals surface area contributed by atoms with Crippen LogP contribution in [-0.4, -0.2) is 16.8 Å². The van der Waals surface area contributed by atoms with E-state index in [2.05, 4.69) is 0 Å². The summed E-state index contributed by atoms with van der Waals surface area (Å²) in [5.74, 6) is -1.44. The first-order valence-electron chi connectivity index (χ1n) is 4.02. The summed E-state index contributed by atoms with van der Waals surface area (Å²) >= 11 is 6.30. The van der Waals surface area contributed by atoms with Crippen molar-refractivity contribution < 1.29 is 23.1 Å². The monoisotopic (exact) mass is 270 g/mol. The van der Waals surface area contributed by atoms with Crippen LogP contribution in [0, 0.1) is 0 Å². The lowest BCUT2D eigenvalue weighted by Crippen LogP contribution is -2.06. The number of hydrogen-bond acceptors (Lipinski definition) is 2. The Kier molecular flexibility index (Phi) is 4.09. The molecule has 7 heteroatoms. The van der Waals surface area contributed by atoms with E-state index < -0.39 is 22.7 Å².